The Morgan fingerprint density at radius 1 is 1.50 bits per heavy atom. The maximum Gasteiger partial charge on any atom is 0.325 e. The highest BCUT2D eigenvalue weighted by molar-refractivity contribution is 9.10. The maximum absolute atomic E-state index is 10.9. The summed E-state index contributed by atoms with van der Waals surface area (Å²) in [6.07, 6.45) is 0. The monoisotopic (exact) mass is 257 g/mol. The molecule has 0 heterocycles. The molecule has 0 aliphatic heterocycles. The molecule has 4 heteroatoms. The lowest BCUT2D eigenvalue weighted by Gasteiger charge is -2.13. The van der Waals surface area contributed by atoms with E-state index in [0.29, 0.717) is 6.54 Å². The predicted octanol–water partition coefficient (Wildman–Crippen LogP) is 2.18. The molecule has 0 amide bonds. The first kappa shape index (κ1) is 11.2. The number of carbonyl (C=O) groups is 1. The van der Waals surface area contributed by atoms with Crippen molar-refractivity contribution in [3.05, 3.63) is 34.3 Å². The Balaban J connectivity index is 2.87. The first-order valence-electron chi connectivity index (χ1n) is 4.36. The topological polar surface area (TPSA) is 49.3 Å². The van der Waals surface area contributed by atoms with Gasteiger partial charge in [-0.1, -0.05) is 35.0 Å². The van der Waals surface area contributed by atoms with Crippen LogP contribution in [0, 0.1) is 0 Å². The van der Waals surface area contributed by atoms with Crippen molar-refractivity contribution in [2.24, 2.45) is 0 Å². The van der Waals surface area contributed by atoms with E-state index in [2.05, 4.69) is 21.2 Å². The number of benzene rings is 1. The summed E-state index contributed by atoms with van der Waals surface area (Å²) in [5, 5.41) is 11.9. The van der Waals surface area contributed by atoms with Gasteiger partial charge in [0.1, 0.15) is 6.04 Å². The van der Waals surface area contributed by atoms with Crippen LogP contribution in [-0.2, 0) is 4.79 Å². The Labute approximate surface area is 91.3 Å². The normalized spacial score (nSPS) is 12.4. The third-order valence-corrected chi connectivity index (χ3v) is 2.39. The van der Waals surface area contributed by atoms with Gasteiger partial charge < -0.3 is 10.4 Å². The molecule has 1 rings (SSSR count). The standard InChI is InChI=1S/C10H12BrNO2/c1-2-12-9(10(13)14)7-3-5-8(11)6-4-7/h3-6,9,12H,2H2,1H3,(H,13,14). The number of aliphatic carboxylic acids is 1. The molecule has 1 unspecified atom stereocenters. The average Bonchev–Trinajstić information content (AvgIpc) is 2.15. The first-order valence-corrected chi connectivity index (χ1v) is 5.16. The first-order chi connectivity index (χ1) is 6.65. The van der Waals surface area contributed by atoms with Crippen LogP contribution in [0.4, 0.5) is 0 Å². The molecule has 0 saturated carbocycles. The minimum Gasteiger partial charge on any atom is -0.480 e. The Bertz CT molecular complexity index is 310. The lowest BCUT2D eigenvalue weighted by atomic mass is 10.1. The minimum atomic E-state index is -0.853. The summed E-state index contributed by atoms with van der Waals surface area (Å²) in [6.45, 7) is 2.52. The summed E-state index contributed by atoms with van der Waals surface area (Å²) in [4.78, 5) is 10.9. The Kier molecular flexibility index (Phi) is 4.10. The Morgan fingerprint density at radius 2 is 2.07 bits per heavy atom. The van der Waals surface area contributed by atoms with Crippen molar-refractivity contribution in [1.82, 2.24) is 5.32 Å². The van der Waals surface area contributed by atoms with Gasteiger partial charge in [-0.25, -0.2) is 0 Å². The van der Waals surface area contributed by atoms with Gasteiger partial charge in [0, 0.05) is 4.47 Å². The fourth-order valence-electron chi connectivity index (χ4n) is 1.21. The second kappa shape index (κ2) is 5.12. The molecule has 1 aromatic carbocycles. The zero-order valence-electron chi connectivity index (χ0n) is 7.83. The van der Waals surface area contributed by atoms with E-state index in [1.54, 1.807) is 12.1 Å². The van der Waals surface area contributed by atoms with Crippen LogP contribution in [0.25, 0.3) is 0 Å². The molecule has 1 atom stereocenters. The van der Waals surface area contributed by atoms with Gasteiger partial charge in [-0.3, -0.25) is 4.79 Å². The lowest BCUT2D eigenvalue weighted by Crippen LogP contribution is -2.28. The van der Waals surface area contributed by atoms with Crippen molar-refractivity contribution >= 4 is 21.9 Å². The highest BCUT2D eigenvalue weighted by Gasteiger charge is 2.17. The Hall–Kier alpha value is -0.870. The molecule has 0 aliphatic rings. The highest BCUT2D eigenvalue weighted by atomic mass is 79.9. The van der Waals surface area contributed by atoms with E-state index in [1.165, 1.54) is 0 Å². The largest absolute Gasteiger partial charge is 0.480 e. The van der Waals surface area contributed by atoms with Crippen LogP contribution in [0.2, 0.25) is 0 Å². The molecule has 3 nitrogen and oxygen atoms in total. The van der Waals surface area contributed by atoms with E-state index >= 15 is 0 Å². The molecule has 0 bridgehead atoms. The molecule has 76 valence electrons. The maximum atomic E-state index is 10.9. The second-order valence-electron chi connectivity index (χ2n) is 2.88. The van der Waals surface area contributed by atoms with Crippen molar-refractivity contribution in [3.63, 3.8) is 0 Å². The van der Waals surface area contributed by atoms with Gasteiger partial charge in [0.25, 0.3) is 0 Å². The summed E-state index contributed by atoms with van der Waals surface area (Å²) in [6, 6.07) is 6.65. The van der Waals surface area contributed by atoms with Gasteiger partial charge in [0.2, 0.25) is 0 Å². The van der Waals surface area contributed by atoms with E-state index < -0.39 is 12.0 Å². The zero-order valence-corrected chi connectivity index (χ0v) is 9.41. The smallest absolute Gasteiger partial charge is 0.325 e. The number of rotatable bonds is 4. The molecule has 0 spiro atoms. The van der Waals surface area contributed by atoms with E-state index in [0.717, 1.165) is 10.0 Å². The molecule has 14 heavy (non-hydrogen) atoms. The molecule has 0 fully saturated rings. The van der Waals surface area contributed by atoms with Gasteiger partial charge in [0.15, 0.2) is 0 Å². The van der Waals surface area contributed by atoms with Gasteiger partial charge in [-0.15, -0.1) is 0 Å². The molecule has 0 saturated heterocycles. The van der Waals surface area contributed by atoms with Crippen molar-refractivity contribution in [1.29, 1.82) is 0 Å². The number of hydrogen-bond donors (Lipinski definition) is 2. The van der Waals surface area contributed by atoms with Crippen LogP contribution in [-0.4, -0.2) is 17.6 Å². The third kappa shape index (κ3) is 2.82. The van der Waals surface area contributed by atoms with Crippen molar-refractivity contribution < 1.29 is 9.90 Å². The predicted molar refractivity (Wildman–Crippen MR) is 58.2 cm³/mol. The summed E-state index contributed by atoms with van der Waals surface area (Å²) in [5.74, 6) is -0.853. The fraction of sp³-hybridized carbons (Fsp3) is 0.300. The molecular formula is C10H12BrNO2. The average molecular weight is 258 g/mol. The summed E-state index contributed by atoms with van der Waals surface area (Å²) >= 11 is 3.30. The summed E-state index contributed by atoms with van der Waals surface area (Å²) in [7, 11) is 0. The highest BCUT2D eigenvalue weighted by Crippen LogP contribution is 2.16. The molecule has 1 aromatic rings. The molecule has 0 aliphatic carbocycles. The lowest BCUT2D eigenvalue weighted by molar-refractivity contribution is -0.139. The van der Waals surface area contributed by atoms with Crippen LogP contribution in [0.1, 0.15) is 18.5 Å². The summed E-state index contributed by atoms with van der Waals surface area (Å²) < 4.78 is 0.946. The van der Waals surface area contributed by atoms with Crippen LogP contribution >= 0.6 is 15.9 Å². The van der Waals surface area contributed by atoms with E-state index in [-0.39, 0.29) is 0 Å². The van der Waals surface area contributed by atoms with E-state index in [4.69, 9.17) is 5.11 Å². The van der Waals surface area contributed by atoms with Crippen LogP contribution < -0.4 is 5.32 Å². The number of likely N-dealkylation sites (N-methyl/N-ethyl adjacent to an activating group) is 1. The SMILES string of the molecule is CCNC(C(=O)O)c1ccc(Br)cc1. The van der Waals surface area contributed by atoms with Crippen molar-refractivity contribution in [3.8, 4) is 0 Å². The van der Waals surface area contributed by atoms with E-state index in [9.17, 15) is 4.79 Å². The van der Waals surface area contributed by atoms with Gasteiger partial charge in [-0.2, -0.15) is 0 Å². The number of carboxylic acids is 1. The van der Waals surface area contributed by atoms with Gasteiger partial charge in [-0.05, 0) is 24.2 Å². The summed E-state index contributed by atoms with van der Waals surface area (Å²) in [5.41, 5.74) is 0.766. The van der Waals surface area contributed by atoms with Crippen molar-refractivity contribution in [2.45, 2.75) is 13.0 Å². The quantitative estimate of drug-likeness (QED) is 0.870. The zero-order chi connectivity index (χ0) is 10.6. The number of hydrogen-bond acceptors (Lipinski definition) is 2. The number of carboxylic acid groups (broad SMARTS) is 1. The van der Waals surface area contributed by atoms with Crippen LogP contribution in [0.3, 0.4) is 0 Å². The third-order valence-electron chi connectivity index (χ3n) is 1.86. The molecule has 2 N–H and O–H groups in total. The minimum absolute atomic E-state index is 0.618. The van der Waals surface area contributed by atoms with Crippen molar-refractivity contribution in [2.75, 3.05) is 6.54 Å². The second-order valence-corrected chi connectivity index (χ2v) is 3.80. The van der Waals surface area contributed by atoms with Crippen LogP contribution in [0.15, 0.2) is 28.7 Å². The Morgan fingerprint density at radius 3 is 2.50 bits per heavy atom. The number of nitrogens with one attached hydrogen (secondary N) is 1. The number of halogens is 1. The van der Waals surface area contributed by atoms with E-state index in [1.807, 2.05) is 19.1 Å². The fourth-order valence-corrected chi connectivity index (χ4v) is 1.47. The van der Waals surface area contributed by atoms with Crippen LogP contribution in [0.5, 0.6) is 0 Å². The van der Waals surface area contributed by atoms with Gasteiger partial charge in [0.05, 0.1) is 0 Å². The molecular weight excluding hydrogens is 246 g/mol. The molecule has 0 radical (unpaired) electrons. The van der Waals surface area contributed by atoms with Gasteiger partial charge >= 0.3 is 5.97 Å². The molecule has 0 aromatic heterocycles.